The molecule has 3 nitrogen and oxygen atoms in total. The van der Waals surface area contributed by atoms with Gasteiger partial charge < -0.3 is 15.1 Å². The average Bonchev–Trinajstić information content (AvgIpc) is 2.84. The Morgan fingerprint density at radius 3 is 2.94 bits per heavy atom. The summed E-state index contributed by atoms with van der Waals surface area (Å²) in [7, 11) is 0. The molecule has 0 amide bonds. The molecule has 1 aromatic rings. The molecule has 0 saturated carbocycles. The Bertz CT molecular complexity index is 386. The fourth-order valence-electron chi connectivity index (χ4n) is 2.45. The van der Waals surface area contributed by atoms with Crippen LogP contribution in [0.4, 0.5) is 0 Å². The Kier molecular flexibility index (Phi) is 5.18. The molecular weight excluding hydrogens is 294 g/mol. The van der Waals surface area contributed by atoms with Crippen LogP contribution in [-0.2, 0) is 0 Å². The Morgan fingerprint density at radius 2 is 2.28 bits per heavy atom. The van der Waals surface area contributed by atoms with Crippen molar-refractivity contribution in [2.24, 2.45) is 5.92 Å². The van der Waals surface area contributed by atoms with Gasteiger partial charge in [0.25, 0.3) is 0 Å². The van der Waals surface area contributed by atoms with Crippen molar-refractivity contribution in [1.82, 2.24) is 4.90 Å². The lowest BCUT2D eigenvalue weighted by atomic mass is 10.1. The summed E-state index contributed by atoms with van der Waals surface area (Å²) in [5.41, 5.74) is 0.960. The largest absolute Gasteiger partial charge is 0.396 e. The molecule has 0 bridgehead atoms. The zero-order valence-corrected chi connectivity index (χ0v) is 12.0. The standard InChI is InChI=1S/C14H20BrNO2/c15-13-3-1-2-12(8-13)14(18)5-7-16-6-4-11(9-16)10-17/h1-3,8,11,14,17-18H,4-7,9-10H2. The minimum absolute atomic E-state index is 0.282. The molecule has 1 aliphatic heterocycles. The molecule has 0 aliphatic carbocycles. The van der Waals surface area contributed by atoms with Crippen LogP contribution in [0.5, 0.6) is 0 Å². The summed E-state index contributed by atoms with van der Waals surface area (Å²) in [6.45, 7) is 3.17. The highest BCUT2D eigenvalue weighted by Gasteiger charge is 2.22. The fraction of sp³-hybridized carbons (Fsp3) is 0.571. The van der Waals surface area contributed by atoms with Gasteiger partial charge in [-0.1, -0.05) is 28.1 Å². The molecule has 1 aliphatic rings. The van der Waals surface area contributed by atoms with Crippen molar-refractivity contribution in [1.29, 1.82) is 0 Å². The second-order valence-electron chi connectivity index (χ2n) is 5.00. The van der Waals surface area contributed by atoms with Gasteiger partial charge in [0, 0.05) is 24.2 Å². The number of aliphatic hydroxyl groups is 2. The summed E-state index contributed by atoms with van der Waals surface area (Å²) in [4.78, 5) is 2.32. The van der Waals surface area contributed by atoms with Crippen LogP contribution >= 0.6 is 15.9 Å². The van der Waals surface area contributed by atoms with Gasteiger partial charge in [-0.3, -0.25) is 0 Å². The highest BCUT2D eigenvalue weighted by Crippen LogP contribution is 2.22. The monoisotopic (exact) mass is 313 g/mol. The van der Waals surface area contributed by atoms with Gasteiger partial charge in [0.05, 0.1) is 6.10 Å². The van der Waals surface area contributed by atoms with Crippen LogP contribution in [0.1, 0.15) is 24.5 Å². The average molecular weight is 314 g/mol. The van der Waals surface area contributed by atoms with Crippen LogP contribution in [0.25, 0.3) is 0 Å². The van der Waals surface area contributed by atoms with Gasteiger partial charge in [0.15, 0.2) is 0 Å². The Hall–Kier alpha value is -0.420. The summed E-state index contributed by atoms with van der Waals surface area (Å²) in [5, 5.41) is 19.2. The van der Waals surface area contributed by atoms with Crippen molar-refractivity contribution in [2.45, 2.75) is 18.9 Å². The van der Waals surface area contributed by atoms with Gasteiger partial charge in [-0.25, -0.2) is 0 Å². The van der Waals surface area contributed by atoms with Crippen molar-refractivity contribution in [3.8, 4) is 0 Å². The van der Waals surface area contributed by atoms with Gasteiger partial charge in [0.2, 0.25) is 0 Å². The quantitative estimate of drug-likeness (QED) is 0.875. The molecule has 2 unspecified atom stereocenters. The van der Waals surface area contributed by atoms with E-state index < -0.39 is 6.10 Å². The van der Waals surface area contributed by atoms with Crippen molar-refractivity contribution in [2.75, 3.05) is 26.2 Å². The summed E-state index contributed by atoms with van der Waals surface area (Å²) in [6.07, 6.45) is 1.41. The van der Waals surface area contributed by atoms with Gasteiger partial charge in [-0.15, -0.1) is 0 Å². The number of hydrogen-bond donors (Lipinski definition) is 2. The van der Waals surface area contributed by atoms with Crippen LogP contribution in [-0.4, -0.2) is 41.4 Å². The predicted molar refractivity (Wildman–Crippen MR) is 75.4 cm³/mol. The minimum atomic E-state index is -0.407. The number of rotatable bonds is 5. The molecule has 0 spiro atoms. The number of likely N-dealkylation sites (tertiary alicyclic amines) is 1. The maximum absolute atomic E-state index is 10.1. The topological polar surface area (TPSA) is 43.7 Å². The first kappa shape index (κ1) is 14.0. The molecule has 0 radical (unpaired) electrons. The molecule has 2 rings (SSSR count). The third-order valence-corrected chi connectivity index (χ3v) is 4.07. The molecule has 1 aromatic carbocycles. The molecule has 4 heteroatoms. The lowest BCUT2D eigenvalue weighted by Gasteiger charge is -2.18. The second kappa shape index (κ2) is 6.66. The molecule has 2 N–H and O–H groups in total. The third kappa shape index (κ3) is 3.79. The Balaban J connectivity index is 1.80. The van der Waals surface area contributed by atoms with Gasteiger partial charge in [-0.2, -0.15) is 0 Å². The Labute approximate surface area is 117 Å². The molecule has 18 heavy (non-hydrogen) atoms. The van der Waals surface area contributed by atoms with E-state index in [9.17, 15) is 5.11 Å². The summed E-state index contributed by atoms with van der Waals surface area (Å²) >= 11 is 3.42. The predicted octanol–water partition coefficient (Wildman–Crippen LogP) is 2.19. The fourth-order valence-corrected chi connectivity index (χ4v) is 2.87. The molecular formula is C14H20BrNO2. The number of halogens is 1. The maximum Gasteiger partial charge on any atom is 0.0802 e. The zero-order valence-electron chi connectivity index (χ0n) is 10.4. The van der Waals surface area contributed by atoms with Crippen LogP contribution in [0.2, 0.25) is 0 Å². The molecule has 0 aromatic heterocycles. The summed E-state index contributed by atoms with van der Waals surface area (Å²) in [6, 6.07) is 7.82. The number of benzene rings is 1. The van der Waals surface area contributed by atoms with Crippen LogP contribution in [0.3, 0.4) is 0 Å². The van der Waals surface area contributed by atoms with E-state index in [2.05, 4.69) is 20.8 Å². The van der Waals surface area contributed by atoms with E-state index in [1.54, 1.807) is 0 Å². The van der Waals surface area contributed by atoms with E-state index in [1.165, 1.54) is 0 Å². The lowest BCUT2D eigenvalue weighted by Crippen LogP contribution is -2.24. The number of hydrogen-bond acceptors (Lipinski definition) is 3. The first-order valence-electron chi connectivity index (χ1n) is 6.46. The van der Waals surface area contributed by atoms with E-state index in [1.807, 2.05) is 24.3 Å². The van der Waals surface area contributed by atoms with Crippen LogP contribution < -0.4 is 0 Å². The molecule has 2 atom stereocenters. The van der Waals surface area contributed by atoms with Gasteiger partial charge >= 0.3 is 0 Å². The Morgan fingerprint density at radius 1 is 1.44 bits per heavy atom. The zero-order chi connectivity index (χ0) is 13.0. The normalized spacial score (nSPS) is 22.3. The van der Waals surface area contributed by atoms with Crippen molar-refractivity contribution in [3.63, 3.8) is 0 Å². The molecule has 1 fully saturated rings. The minimum Gasteiger partial charge on any atom is -0.396 e. The van der Waals surface area contributed by atoms with Crippen molar-refractivity contribution >= 4 is 15.9 Å². The van der Waals surface area contributed by atoms with E-state index in [-0.39, 0.29) is 6.61 Å². The van der Waals surface area contributed by atoms with Gasteiger partial charge in [-0.05, 0) is 43.0 Å². The number of aliphatic hydroxyl groups excluding tert-OH is 2. The maximum atomic E-state index is 10.1. The highest BCUT2D eigenvalue weighted by atomic mass is 79.9. The SMILES string of the molecule is OCC1CCN(CCC(O)c2cccc(Br)c2)C1. The van der Waals surface area contributed by atoms with E-state index in [4.69, 9.17) is 5.11 Å². The van der Waals surface area contributed by atoms with E-state index in [0.29, 0.717) is 5.92 Å². The molecule has 100 valence electrons. The second-order valence-corrected chi connectivity index (χ2v) is 5.91. The van der Waals surface area contributed by atoms with E-state index >= 15 is 0 Å². The highest BCUT2D eigenvalue weighted by molar-refractivity contribution is 9.10. The van der Waals surface area contributed by atoms with Crippen LogP contribution in [0, 0.1) is 5.92 Å². The number of nitrogens with zero attached hydrogens (tertiary/aromatic N) is 1. The van der Waals surface area contributed by atoms with Crippen molar-refractivity contribution in [3.05, 3.63) is 34.3 Å². The lowest BCUT2D eigenvalue weighted by molar-refractivity contribution is 0.145. The molecule has 1 saturated heterocycles. The van der Waals surface area contributed by atoms with Gasteiger partial charge in [0.1, 0.15) is 0 Å². The first-order valence-corrected chi connectivity index (χ1v) is 7.25. The summed E-state index contributed by atoms with van der Waals surface area (Å²) < 4.78 is 1.00. The third-order valence-electron chi connectivity index (χ3n) is 3.58. The smallest absolute Gasteiger partial charge is 0.0802 e. The van der Waals surface area contributed by atoms with E-state index in [0.717, 1.165) is 42.5 Å². The first-order chi connectivity index (χ1) is 8.69. The molecule has 1 heterocycles. The van der Waals surface area contributed by atoms with Crippen LogP contribution in [0.15, 0.2) is 28.7 Å². The van der Waals surface area contributed by atoms with Crippen molar-refractivity contribution < 1.29 is 10.2 Å². The summed E-state index contributed by atoms with van der Waals surface area (Å²) in [5.74, 6) is 0.424.